The summed E-state index contributed by atoms with van der Waals surface area (Å²) in [5, 5.41) is 0.915. The van der Waals surface area contributed by atoms with Gasteiger partial charge in [0, 0.05) is 11.9 Å². The molecule has 0 amide bonds. The van der Waals surface area contributed by atoms with Gasteiger partial charge in [-0.3, -0.25) is 4.79 Å². The minimum atomic E-state index is -3.69. The van der Waals surface area contributed by atoms with E-state index in [4.69, 9.17) is 0 Å². The first-order valence-corrected chi connectivity index (χ1v) is 10.3. The Morgan fingerprint density at radius 2 is 1.96 bits per heavy atom. The minimum Gasteiger partial charge on any atom is -0.312 e. The molecule has 0 saturated carbocycles. The Kier molecular flexibility index (Phi) is 4.37. The molecule has 1 N–H and O–H groups in total. The van der Waals surface area contributed by atoms with Crippen LogP contribution >= 0.6 is 22.7 Å². The fourth-order valence-electron chi connectivity index (χ4n) is 2.57. The van der Waals surface area contributed by atoms with Crippen molar-refractivity contribution in [2.24, 2.45) is 0 Å². The summed E-state index contributed by atoms with van der Waals surface area (Å²) < 4.78 is 27.8. The second-order valence-corrected chi connectivity index (χ2v) is 9.96. The lowest BCUT2D eigenvalue weighted by Gasteiger charge is -2.23. The van der Waals surface area contributed by atoms with Gasteiger partial charge < -0.3 is 4.98 Å². The van der Waals surface area contributed by atoms with E-state index in [1.165, 1.54) is 16.4 Å². The number of H-pyrrole nitrogens is 1. The number of hydrogen-bond acceptors (Lipinski definition) is 6. The SMILES string of the molecule is Cc1nc(C(C)N(C)S(=O)(=O)c2ccc3[nH]c(=O)sc3c2)c(C)s1. The molecule has 6 nitrogen and oxygen atoms in total. The highest BCUT2D eigenvalue weighted by atomic mass is 32.2. The number of aromatic amines is 1. The first-order chi connectivity index (χ1) is 11.2. The molecule has 2 heterocycles. The van der Waals surface area contributed by atoms with Crippen molar-refractivity contribution < 1.29 is 8.42 Å². The minimum absolute atomic E-state index is 0.171. The Bertz CT molecular complexity index is 1060. The maximum absolute atomic E-state index is 12.9. The third-order valence-electron chi connectivity index (χ3n) is 3.95. The molecule has 0 aliphatic carbocycles. The summed E-state index contributed by atoms with van der Waals surface area (Å²) in [7, 11) is -2.13. The molecule has 0 aliphatic heterocycles. The lowest BCUT2D eigenvalue weighted by Crippen LogP contribution is -2.30. The second-order valence-electron chi connectivity index (χ2n) is 5.54. The molecular weight excluding hydrogens is 366 g/mol. The summed E-state index contributed by atoms with van der Waals surface area (Å²) in [6.45, 7) is 5.68. The molecule has 0 bridgehead atoms. The first kappa shape index (κ1) is 17.3. The Labute approximate surface area is 147 Å². The molecule has 0 saturated heterocycles. The number of sulfonamides is 1. The van der Waals surface area contributed by atoms with Crippen LogP contribution in [-0.2, 0) is 10.0 Å². The van der Waals surface area contributed by atoms with E-state index in [1.54, 1.807) is 24.5 Å². The normalized spacial score (nSPS) is 13.7. The summed E-state index contributed by atoms with van der Waals surface area (Å²) in [5.41, 5.74) is 1.42. The fourth-order valence-corrected chi connectivity index (χ4v) is 5.68. The van der Waals surface area contributed by atoms with E-state index in [9.17, 15) is 13.2 Å². The third kappa shape index (κ3) is 2.92. The summed E-state index contributed by atoms with van der Waals surface area (Å²) in [6, 6.07) is 4.30. The second kappa shape index (κ2) is 6.07. The van der Waals surface area contributed by atoms with Crippen LogP contribution in [0.1, 0.15) is 28.5 Å². The van der Waals surface area contributed by atoms with Crippen molar-refractivity contribution in [3.63, 3.8) is 0 Å². The van der Waals surface area contributed by atoms with Gasteiger partial charge in [0.25, 0.3) is 0 Å². The number of rotatable bonds is 4. The maximum atomic E-state index is 12.9. The fraction of sp³-hybridized carbons (Fsp3) is 0.333. The Morgan fingerprint density at radius 3 is 2.58 bits per heavy atom. The van der Waals surface area contributed by atoms with Gasteiger partial charge in [0.1, 0.15) is 0 Å². The van der Waals surface area contributed by atoms with Crippen molar-refractivity contribution in [3.8, 4) is 0 Å². The topological polar surface area (TPSA) is 83.1 Å². The lowest BCUT2D eigenvalue weighted by molar-refractivity contribution is 0.392. The molecule has 3 rings (SSSR count). The number of nitrogens with one attached hydrogen (secondary N) is 1. The molecule has 1 aromatic carbocycles. The first-order valence-electron chi connectivity index (χ1n) is 7.25. The van der Waals surface area contributed by atoms with Gasteiger partial charge in [-0.15, -0.1) is 11.3 Å². The van der Waals surface area contributed by atoms with Crippen LogP contribution in [0, 0.1) is 13.8 Å². The molecule has 2 aromatic heterocycles. The lowest BCUT2D eigenvalue weighted by atomic mass is 10.2. The van der Waals surface area contributed by atoms with Gasteiger partial charge in [0.05, 0.1) is 31.9 Å². The van der Waals surface area contributed by atoms with E-state index in [-0.39, 0.29) is 15.8 Å². The quantitative estimate of drug-likeness (QED) is 0.751. The van der Waals surface area contributed by atoms with Crippen LogP contribution in [0.3, 0.4) is 0 Å². The predicted molar refractivity (Wildman–Crippen MR) is 97.4 cm³/mol. The molecule has 24 heavy (non-hydrogen) atoms. The Hall–Kier alpha value is -1.55. The van der Waals surface area contributed by atoms with E-state index < -0.39 is 10.0 Å². The van der Waals surface area contributed by atoms with Crippen LogP contribution < -0.4 is 4.87 Å². The average molecular weight is 384 g/mol. The van der Waals surface area contributed by atoms with Gasteiger partial charge in [-0.1, -0.05) is 11.3 Å². The van der Waals surface area contributed by atoms with Crippen LogP contribution in [0.5, 0.6) is 0 Å². The van der Waals surface area contributed by atoms with E-state index in [0.29, 0.717) is 10.2 Å². The number of hydrogen-bond donors (Lipinski definition) is 1. The van der Waals surface area contributed by atoms with Crippen molar-refractivity contribution in [1.82, 2.24) is 14.3 Å². The highest BCUT2D eigenvalue weighted by Gasteiger charge is 2.29. The summed E-state index contributed by atoms with van der Waals surface area (Å²) in [6.07, 6.45) is 0. The van der Waals surface area contributed by atoms with E-state index in [0.717, 1.165) is 26.9 Å². The molecule has 1 unspecified atom stereocenters. The Morgan fingerprint density at radius 1 is 1.25 bits per heavy atom. The van der Waals surface area contributed by atoms with Gasteiger partial charge in [-0.05, 0) is 39.0 Å². The van der Waals surface area contributed by atoms with E-state index in [1.807, 2.05) is 20.8 Å². The monoisotopic (exact) mass is 383 g/mol. The molecular formula is C15H17N3O3S3. The highest BCUT2D eigenvalue weighted by molar-refractivity contribution is 7.89. The van der Waals surface area contributed by atoms with Crippen LogP contribution in [0.15, 0.2) is 27.9 Å². The molecule has 0 radical (unpaired) electrons. The third-order valence-corrected chi connectivity index (χ3v) is 7.62. The summed E-state index contributed by atoms with van der Waals surface area (Å²) in [5.74, 6) is 0. The van der Waals surface area contributed by atoms with Crippen molar-refractivity contribution in [1.29, 1.82) is 0 Å². The van der Waals surface area contributed by atoms with Gasteiger partial charge in [0.15, 0.2) is 0 Å². The van der Waals surface area contributed by atoms with Crippen LogP contribution in [0.4, 0.5) is 0 Å². The molecule has 0 spiro atoms. The Balaban J connectivity index is 2.01. The molecule has 0 aliphatic rings. The molecule has 0 fully saturated rings. The zero-order valence-electron chi connectivity index (χ0n) is 13.7. The highest BCUT2D eigenvalue weighted by Crippen LogP contribution is 2.30. The van der Waals surface area contributed by atoms with Gasteiger partial charge >= 0.3 is 4.87 Å². The van der Waals surface area contributed by atoms with Crippen molar-refractivity contribution in [3.05, 3.63) is 43.4 Å². The van der Waals surface area contributed by atoms with Crippen LogP contribution in [-0.4, -0.2) is 29.7 Å². The van der Waals surface area contributed by atoms with Crippen molar-refractivity contribution in [2.75, 3.05) is 7.05 Å². The largest absolute Gasteiger partial charge is 0.312 e. The number of aromatic nitrogens is 2. The summed E-state index contributed by atoms with van der Waals surface area (Å²) >= 11 is 2.56. The van der Waals surface area contributed by atoms with Gasteiger partial charge in [0.2, 0.25) is 10.0 Å². The predicted octanol–water partition coefficient (Wildman–Crippen LogP) is 3.04. The molecule has 3 aromatic rings. The average Bonchev–Trinajstić information content (AvgIpc) is 3.05. The number of aryl methyl sites for hydroxylation is 2. The summed E-state index contributed by atoms with van der Waals surface area (Å²) in [4.78, 5) is 19.5. The van der Waals surface area contributed by atoms with Crippen molar-refractivity contribution >= 4 is 42.9 Å². The van der Waals surface area contributed by atoms with E-state index >= 15 is 0 Å². The van der Waals surface area contributed by atoms with Gasteiger partial charge in [-0.25, -0.2) is 13.4 Å². The van der Waals surface area contributed by atoms with Crippen molar-refractivity contribution in [2.45, 2.75) is 31.7 Å². The number of nitrogens with zero attached hydrogens (tertiary/aromatic N) is 2. The van der Waals surface area contributed by atoms with Crippen LogP contribution in [0.2, 0.25) is 0 Å². The van der Waals surface area contributed by atoms with Crippen LogP contribution in [0.25, 0.3) is 10.2 Å². The zero-order valence-corrected chi connectivity index (χ0v) is 16.1. The smallest absolute Gasteiger partial charge is 0.305 e. The van der Waals surface area contributed by atoms with Gasteiger partial charge in [-0.2, -0.15) is 4.31 Å². The maximum Gasteiger partial charge on any atom is 0.305 e. The number of thiazole rings is 2. The van der Waals surface area contributed by atoms with E-state index in [2.05, 4.69) is 9.97 Å². The number of benzene rings is 1. The standard InChI is InChI=1S/C15H17N3O3S3/c1-8(14-9(2)22-10(3)16-14)18(4)24(20,21)11-5-6-12-13(7-11)23-15(19)17-12/h5-8H,1-4H3,(H,17,19). The molecule has 128 valence electrons. The zero-order chi connectivity index (χ0) is 17.6. The molecule has 1 atom stereocenters. The molecule has 9 heteroatoms. The number of fused-ring (bicyclic) bond motifs is 1.